The van der Waals surface area contributed by atoms with Gasteiger partial charge in [0.25, 0.3) is 5.91 Å². The number of aromatic nitrogens is 2. The Morgan fingerprint density at radius 3 is 2.89 bits per heavy atom. The van der Waals surface area contributed by atoms with E-state index in [9.17, 15) is 9.59 Å². The van der Waals surface area contributed by atoms with Crippen LogP contribution in [0.5, 0.6) is 0 Å². The van der Waals surface area contributed by atoms with Crippen LogP contribution in [0.15, 0.2) is 0 Å². The predicted octanol–water partition coefficient (Wildman–Crippen LogP) is -0.170. The summed E-state index contributed by atoms with van der Waals surface area (Å²) in [5, 5.41) is 9.62. The van der Waals surface area contributed by atoms with Crippen LogP contribution in [-0.4, -0.2) is 46.0 Å². The standard InChI is InChI=1S/C12H17N5O2/c1-6-11(18)14-4-5-17(6)12(19)10-8(13)9(15-16-10)7-2-3-7/h6-7H,2-5,13H2,1H3,(H,14,18)(H,15,16). The molecule has 1 saturated carbocycles. The molecule has 0 aromatic carbocycles. The van der Waals surface area contributed by atoms with Crippen molar-refractivity contribution < 1.29 is 9.59 Å². The molecule has 1 aliphatic carbocycles. The molecule has 0 bridgehead atoms. The lowest BCUT2D eigenvalue weighted by Crippen LogP contribution is -2.56. The van der Waals surface area contributed by atoms with Gasteiger partial charge in [0.15, 0.2) is 5.69 Å². The van der Waals surface area contributed by atoms with Crippen LogP contribution < -0.4 is 11.1 Å². The second-order valence-electron chi connectivity index (χ2n) is 5.14. The van der Waals surface area contributed by atoms with E-state index in [1.807, 2.05) is 0 Å². The second-order valence-corrected chi connectivity index (χ2v) is 5.14. The molecule has 7 heteroatoms. The van der Waals surface area contributed by atoms with Crippen LogP contribution >= 0.6 is 0 Å². The van der Waals surface area contributed by atoms with E-state index in [-0.39, 0.29) is 17.5 Å². The van der Waals surface area contributed by atoms with Gasteiger partial charge in [-0.25, -0.2) is 0 Å². The zero-order valence-electron chi connectivity index (χ0n) is 10.8. The maximum absolute atomic E-state index is 12.4. The van der Waals surface area contributed by atoms with Gasteiger partial charge in [0, 0.05) is 19.0 Å². The Labute approximate surface area is 110 Å². The zero-order valence-corrected chi connectivity index (χ0v) is 10.8. The highest BCUT2D eigenvalue weighted by molar-refractivity contribution is 6.00. The largest absolute Gasteiger partial charge is 0.395 e. The molecular weight excluding hydrogens is 246 g/mol. The van der Waals surface area contributed by atoms with Gasteiger partial charge in [-0.2, -0.15) is 5.10 Å². The smallest absolute Gasteiger partial charge is 0.277 e. The van der Waals surface area contributed by atoms with Gasteiger partial charge < -0.3 is 16.0 Å². The van der Waals surface area contributed by atoms with Crippen molar-refractivity contribution in [3.63, 3.8) is 0 Å². The van der Waals surface area contributed by atoms with Crippen LogP contribution in [0.1, 0.15) is 41.9 Å². The average molecular weight is 263 g/mol. The molecular formula is C12H17N5O2. The molecule has 1 aromatic heterocycles. The maximum Gasteiger partial charge on any atom is 0.277 e. The maximum atomic E-state index is 12.4. The number of hydrogen-bond acceptors (Lipinski definition) is 4. The third-order valence-corrected chi connectivity index (χ3v) is 3.78. The summed E-state index contributed by atoms with van der Waals surface area (Å²) in [4.78, 5) is 25.5. The lowest BCUT2D eigenvalue weighted by molar-refractivity contribution is -0.127. The second kappa shape index (κ2) is 4.25. The van der Waals surface area contributed by atoms with Gasteiger partial charge in [0.1, 0.15) is 6.04 Å². The summed E-state index contributed by atoms with van der Waals surface area (Å²) >= 11 is 0. The molecule has 3 rings (SSSR count). The van der Waals surface area contributed by atoms with Gasteiger partial charge >= 0.3 is 0 Å². The predicted molar refractivity (Wildman–Crippen MR) is 68.5 cm³/mol. The van der Waals surface area contributed by atoms with Crippen molar-refractivity contribution in [3.8, 4) is 0 Å². The number of carbonyl (C=O) groups excluding carboxylic acids is 2. The number of piperazine rings is 1. The van der Waals surface area contributed by atoms with Gasteiger partial charge in [-0.05, 0) is 19.8 Å². The van der Waals surface area contributed by atoms with Crippen LogP contribution in [0.4, 0.5) is 5.69 Å². The summed E-state index contributed by atoms with van der Waals surface area (Å²) < 4.78 is 0. The molecule has 19 heavy (non-hydrogen) atoms. The fraction of sp³-hybridized carbons (Fsp3) is 0.583. The van der Waals surface area contributed by atoms with E-state index in [0.717, 1.165) is 18.5 Å². The number of rotatable bonds is 2. The molecule has 1 aliphatic heterocycles. The van der Waals surface area contributed by atoms with E-state index in [1.165, 1.54) is 4.90 Å². The van der Waals surface area contributed by atoms with E-state index in [0.29, 0.717) is 24.7 Å². The summed E-state index contributed by atoms with van der Waals surface area (Å²) in [6.07, 6.45) is 2.17. The molecule has 102 valence electrons. The van der Waals surface area contributed by atoms with Crippen molar-refractivity contribution >= 4 is 17.5 Å². The van der Waals surface area contributed by atoms with E-state index in [2.05, 4.69) is 15.5 Å². The Hall–Kier alpha value is -2.05. The molecule has 1 aromatic rings. The zero-order chi connectivity index (χ0) is 13.6. The number of H-pyrrole nitrogens is 1. The van der Waals surface area contributed by atoms with Crippen LogP contribution in [0.2, 0.25) is 0 Å². The minimum atomic E-state index is -0.485. The number of hydrogen-bond donors (Lipinski definition) is 3. The quantitative estimate of drug-likeness (QED) is 0.689. The van der Waals surface area contributed by atoms with E-state index in [4.69, 9.17) is 5.73 Å². The normalized spacial score (nSPS) is 23.3. The molecule has 7 nitrogen and oxygen atoms in total. The topological polar surface area (TPSA) is 104 Å². The molecule has 4 N–H and O–H groups in total. The molecule has 2 fully saturated rings. The number of amides is 2. The molecule has 2 heterocycles. The number of anilines is 1. The van der Waals surface area contributed by atoms with E-state index >= 15 is 0 Å². The molecule has 1 saturated heterocycles. The third kappa shape index (κ3) is 1.94. The van der Waals surface area contributed by atoms with Gasteiger partial charge in [-0.15, -0.1) is 0 Å². The number of aromatic amines is 1. The molecule has 1 atom stereocenters. The lowest BCUT2D eigenvalue weighted by Gasteiger charge is -2.32. The molecule has 0 spiro atoms. The number of nitrogen functional groups attached to an aromatic ring is 1. The summed E-state index contributed by atoms with van der Waals surface area (Å²) in [6.45, 7) is 2.66. The fourth-order valence-electron chi connectivity index (χ4n) is 2.41. The van der Waals surface area contributed by atoms with Crippen LogP contribution in [0.3, 0.4) is 0 Å². The van der Waals surface area contributed by atoms with Crippen molar-refractivity contribution in [2.24, 2.45) is 0 Å². The molecule has 1 unspecified atom stereocenters. The minimum absolute atomic E-state index is 0.142. The third-order valence-electron chi connectivity index (χ3n) is 3.78. The summed E-state index contributed by atoms with van der Waals surface area (Å²) in [5.74, 6) is -0.00440. The highest BCUT2D eigenvalue weighted by Gasteiger charge is 2.35. The minimum Gasteiger partial charge on any atom is -0.395 e. The Morgan fingerprint density at radius 2 is 2.21 bits per heavy atom. The lowest BCUT2D eigenvalue weighted by atomic mass is 10.1. The number of nitrogens with two attached hydrogens (primary N) is 1. The monoisotopic (exact) mass is 263 g/mol. The van der Waals surface area contributed by atoms with Crippen molar-refractivity contribution in [2.45, 2.75) is 31.7 Å². The van der Waals surface area contributed by atoms with Crippen molar-refractivity contribution in [1.82, 2.24) is 20.4 Å². The van der Waals surface area contributed by atoms with E-state index < -0.39 is 6.04 Å². The summed E-state index contributed by atoms with van der Waals surface area (Å²) in [7, 11) is 0. The van der Waals surface area contributed by atoms with Crippen molar-refractivity contribution in [1.29, 1.82) is 0 Å². The molecule has 2 amide bonds. The first kappa shape index (κ1) is 12.0. The molecule has 0 radical (unpaired) electrons. The van der Waals surface area contributed by atoms with Crippen molar-refractivity contribution in [3.05, 3.63) is 11.4 Å². The fourth-order valence-corrected chi connectivity index (χ4v) is 2.41. The van der Waals surface area contributed by atoms with Crippen LogP contribution in [0.25, 0.3) is 0 Å². The van der Waals surface area contributed by atoms with Crippen LogP contribution in [0, 0.1) is 0 Å². The Morgan fingerprint density at radius 1 is 1.47 bits per heavy atom. The highest BCUT2D eigenvalue weighted by Crippen LogP contribution is 2.42. The first-order valence-corrected chi connectivity index (χ1v) is 6.52. The summed E-state index contributed by atoms with van der Waals surface area (Å²) in [6, 6.07) is -0.485. The highest BCUT2D eigenvalue weighted by atomic mass is 16.2. The Kier molecular flexibility index (Phi) is 2.69. The Balaban J connectivity index is 1.85. The summed E-state index contributed by atoms with van der Waals surface area (Å²) in [5.41, 5.74) is 7.52. The van der Waals surface area contributed by atoms with Gasteiger partial charge in [-0.3, -0.25) is 14.7 Å². The van der Waals surface area contributed by atoms with Gasteiger partial charge in [0.2, 0.25) is 5.91 Å². The van der Waals surface area contributed by atoms with Gasteiger partial charge in [0.05, 0.1) is 11.4 Å². The Bertz CT molecular complexity index is 534. The van der Waals surface area contributed by atoms with Crippen LogP contribution in [-0.2, 0) is 4.79 Å². The molecule has 2 aliphatic rings. The van der Waals surface area contributed by atoms with Gasteiger partial charge in [-0.1, -0.05) is 0 Å². The number of nitrogens with one attached hydrogen (secondary N) is 2. The SMILES string of the molecule is CC1C(=O)NCCN1C(=O)c1n[nH]c(C2CC2)c1N. The first-order valence-electron chi connectivity index (χ1n) is 6.52. The number of nitrogens with zero attached hydrogens (tertiary/aromatic N) is 2. The average Bonchev–Trinajstić information content (AvgIpc) is 3.16. The number of carbonyl (C=O) groups is 2. The first-order chi connectivity index (χ1) is 9.09. The van der Waals surface area contributed by atoms with E-state index in [1.54, 1.807) is 6.92 Å². The van der Waals surface area contributed by atoms with Crippen molar-refractivity contribution in [2.75, 3.05) is 18.8 Å².